The van der Waals surface area contributed by atoms with Crippen molar-refractivity contribution in [1.29, 1.82) is 0 Å². The highest BCUT2D eigenvalue weighted by molar-refractivity contribution is 8.00. The Labute approximate surface area is 214 Å². The van der Waals surface area contributed by atoms with Crippen LogP contribution in [0.3, 0.4) is 0 Å². The largest absolute Gasteiger partial charge is 0.511 e. The van der Waals surface area contributed by atoms with Crippen LogP contribution < -0.4 is 11.1 Å². The van der Waals surface area contributed by atoms with E-state index in [1.165, 1.54) is 36.1 Å². The fourth-order valence-electron chi connectivity index (χ4n) is 3.65. The number of anilines is 1. The Hall–Kier alpha value is -3.11. The summed E-state index contributed by atoms with van der Waals surface area (Å²) in [6.45, 7) is 3.29. The van der Waals surface area contributed by atoms with Crippen molar-refractivity contribution in [3.8, 4) is 0 Å². The number of ether oxygens (including phenoxy) is 4. The molecular weight excluding hydrogens is 518 g/mol. The molecular formula is C20H27N5O9S2. The lowest BCUT2D eigenvalue weighted by Crippen LogP contribution is -2.74. The van der Waals surface area contributed by atoms with E-state index >= 15 is 0 Å². The highest BCUT2D eigenvalue weighted by Gasteiger charge is 2.58. The van der Waals surface area contributed by atoms with Gasteiger partial charge in [0.15, 0.2) is 10.8 Å². The number of aromatic nitrogens is 1. The number of fused-ring (bicyclic) bond motifs is 1. The molecule has 2 amide bonds. The number of nitrogens with one attached hydrogen (secondary N) is 1. The lowest BCUT2D eigenvalue weighted by molar-refractivity contribution is -0.185. The number of carbonyl (C=O) groups is 4. The van der Waals surface area contributed by atoms with Gasteiger partial charge in [-0.15, -0.1) is 23.1 Å². The number of nitrogens with zero attached hydrogens (tertiary/aromatic N) is 3. The van der Waals surface area contributed by atoms with Crippen molar-refractivity contribution in [3.05, 3.63) is 11.1 Å². The number of amides is 2. The summed E-state index contributed by atoms with van der Waals surface area (Å²) in [7, 11) is 1.41. The highest BCUT2D eigenvalue weighted by atomic mass is 32.2. The fraction of sp³-hybridized carbons (Fsp3) is 0.600. The summed E-state index contributed by atoms with van der Waals surface area (Å²) in [4.78, 5) is 55.5. The average molecular weight is 546 g/mol. The lowest BCUT2D eigenvalue weighted by atomic mass is 9.88. The molecule has 3 rings (SSSR count). The first-order valence-corrected chi connectivity index (χ1v) is 12.8. The van der Waals surface area contributed by atoms with Crippen LogP contribution in [-0.2, 0) is 33.3 Å². The second kappa shape index (κ2) is 11.7. The maximum absolute atomic E-state index is 13.0. The van der Waals surface area contributed by atoms with Gasteiger partial charge in [-0.2, -0.15) is 0 Å². The zero-order valence-electron chi connectivity index (χ0n) is 19.8. The summed E-state index contributed by atoms with van der Waals surface area (Å²) in [6.07, 6.45) is -1.57. The van der Waals surface area contributed by atoms with E-state index in [0.717, 1.165) is 11.3 Å². The van der Waals surface area contributed by atoms with Crippen LogP contribution in [0.15, 0.2) is 10.5 Å². The van der Waals surface area contributed by atoms with Gasteiger partial charge < -0.3 is 40.1 Å². The second-order valence-electron chi connectivity index (χ2n) is 8.04. The molecule has 1 aromatic heterocycles. The zero-order valence-corrected chi connectivity index (χ0v) is 21.4. The number of esters is 1. The van der Waals surface area contributed by atoms with E-state index in [4.69, 9.17) is 24.7 Å². The van der Waals surface area contributed by atoms with Gasteiger partial charge in [-0.05, 0) is 6.42 Å². The molecule has 0 aliphatic carbocycles. The first-order valence-electron chi connectivity index (χ1n) is 10.9. The molecule has 16 heteroatoms. The van der Waals surface area contributed by atoms with E-state index in [1.807, 2.05) is 6.92 Å². The van der Waals surface area contributed by atoms with E-state index in [0.29, 0.717) is 6.42 Å². The van der Waals surface area contributed by atoms with E-state index < -0.39 is 47.1 Å². The molecule has 2 fully saturated rings. The molecule has 4 N–H and O–H groups in total. The van der Waals surface area contributed by atoms with Crippen LogP contribution in [0.1, 0.15) is 26.0 Å². The third kappa shape index (κ3) is 5.82. The molecule has 36 heavy (non-hydrogen) atoms. The molecule has 0 aromatic carbocycles. The van der Waals surface area contributed by atoms with Gasteiger partial charge in [-0.25, -0.2) is 9.78 Å². The first-order chi connectivity index (χ1) is 17.2. The predicted molar refractivity (Wildman–Crippen MR) is 127 cm³/mol. The second-order valence-corrected chi connectivity index (χ2v) is 10.0. The summed E-state index contributed by atoms with van der Waals surface area (Å²) in [5.41, 5.74) is 4.04. The number of methoxy groups -OCH3 is 1. The van der Waals surface area contributed by atoms with E-state index in [2.05, 4.69) is 15.5 Å². The topological polar surface area (TPSA) is 192 Å². The molecule has 0 saturated carbocycles. The number of oxime groups is 1. The summed E-state index contributed by atoms with van der Waals surface area (Å²) in [5.74, 6) is -1.73. The Kier molecular flexibility index (Phi) is 8.97. The van der Waals surface area contributed by atoms with Crippen molar-refractivity contribution in [1.82, 2.24) is 15.2 Å². The number of β-lactam (4-membered cyclic amide) rings is 1. The number of hydrogen-bond donors (Lipinski definition) is 3. The number of carbonyl (C=O) groups excluding carboxylic acids is 4. The third-order valence-electron chi connectivity index (χ3n) is 5.32. The van der Waals surface area contributed by atoms with Gasteiger partial charge in [0.1, 0.15) is 22.5 Å². The van der Waals surface area contributed by atoms with Crippen LogP contribution in [0.25, 0.3) is 0 Å². The lowest BCUT2D eigenvalue weighted by Gasteiger charge is -2.53. The first kappa shape index (κ1) is 27.5. The predicted octanol–water partition coefficient (Wildman–Crippen LogP) is 0.389. The Bertz CT molecular complexity index is 1030. The molecule has 198 valence electrons. The van der Waals surface area contributed by atoms with E-state index in [1.54, 1.807) is 0 Å². The minimum absolute atomic E-state index is 0.0287. The number of thioether (sulfide) groups is 1. The molecule has 14 nitrogen and oxygen atoms in total. The molecule has 3 heterocycles. The van der Waals surface area contributed by atoms with E-state index in [9.17, 15) is 24.4 Å². The summed E-state index contributed by atoms with van der Waals surface area (Å²) in [6, 6.07) is -0.901. The maximum Gasteiger partial charge on any atom is 0.511 e. The van der Waals surface area contributed by atoms with Gasteiger partial charge in [0.2, 0.25) is 12.2 Å². The minimum atomic E-state index is -1.22. The van der Waals surface area contributed by atoms with Gasteiger partial charge in [-0.1, -0.05) is 12.1 Å². The quantitative estimate of drug-likeness (QED) is 0.0916. The van der Waals surface area contributed by atoms with Crippen molar-refractivity contribution in [2.75, 3.05) is 38.4 Å². The van der Waals surface area contributed by atoms with Crippen molar-refractivity contribution < 1.29 is 43.3 Å². The number of hydrogen-bond acceptors (Lipinski definition) is 14. The molecule has 3 unspecified atom stereocenters. The van der Waals surface area contributed by atoms with E-state index in [-0.39, 0.29) is 42.0 Å². The van der Waals surface area contributed by atoms with Crippen LogP contribution in [0.2, 0.25) is 0 Å². The Morgan fingerprint density at radius 2 is 2.17 bits per heavy atom. The van der Waals surface area contributed by atoms with Crippen molar-refractivity contribution >= 4 is 57.9 Å². The van der Waals surface area contributed by atoms with Gasteiger partial charge in [0, 0.05) is 31.7 Å². The smallest absolute Gasteiger partial charge is 0.434 e. The van der Waals surface area contributed by atoms with Gasteiger partial charge in [0.25, 0.3) is 5.91 Å². The molecule has 2 saturated heterocycles. The van der Waals surface area contributed by atoms with Crippen LogP contribution in [0, 0.1) is 5.41 Å². The number of rotatable bonds is 10. The maximum atomic E-state index is 13.0. The standard InChI is InChI=1S/C20H27N5O9S2/c1-4-5-32-19(29)34-10(2)33-17(28)20(8-31-3)7-25-15(27)13(16(25)36-9-20)23-14(26)12(24-30)11-6-35-18(21)22-11/h6,10,13,16,30H,4-5,7-9H2,1-3H3,(H2,21,22)(H,23,26)/t10?,13?,16-,20?/m1/s1. The number of thiazole rings is 1. The number of nitrogens with two attached hydrogens (primary N) is 1. The fourth-order valence-corrected chi connectivity index (χ4v) is 5.71. The third-order valence-corrected chi connectivity index (χ3v) is 7.59. The normalized spacial score (nSPS) is 24.2. The molecule has 2 aliphatic rings. The van der Waals surface area contributed by atoms with Crippen LogP contribution in [-0.4, -0.2) is 95.1 Å². The summed E-state index contributed by atoms with van der Waals surface area (Å²) < 4.78 is 20.3. The highest BCUT2D eigenvalue weighted by Crippen LogP contribution is 2.43. The monoisotopic (exact) mass is 545 g/mol. The minimum Gasteiger partial charge on any atom is -0.434 e. The zero-order chi connectivity index (χ0) is 26.5. The number of nitrogen functional groups attached to an aromatic ring is 1. The van der Waals surface area contributed by atoms with Crippen LogP contribution >= 0.6 is 23.1 Å². The summed E-state index contributed by atoms with van der Waals surface area (Å²) >= 11 is 2.32. The Morgan fingerprint density at radius 1 is 1.42 bits per heavy atom. The molecule has 4 atom stereocenters. The molecule has 0 spiro atoms. The molecule has 2 aliphatic heterocycles. The SMILES string of the molecule is CCCOC(=O)OC(C)OC(=O)C1(COC)CS[C@@H]2C(NC(=O)C(=NO)c3csc(N)n3)C(=O)N2C1. The van der Waals surface area contributed by atoms with Crippen LogP contribution in [0.4, 0.5) is 9.93 Å². The van der Waals surface area contributed by atoms with Gasteiger partial charge in [0.05, 0.1) is 13.2 Å². The molecule has 1 aromatic rings. The van der Waals surface area contributed by atoms with Crippen molar-refractivity contribution in [3.63, 3.8) is 0 Å². The van der Waals surface area contributed by atoms with Crippen LogP contribution in [0.5, 0.6) is 0 Å². The molecule has 0 bridgehead atoms. The van der Waals surface area contributed by atoms with Gasteiger partial charge >= 0.3 is 12.1 Å². The summed E-state index contributed by atoms with van der Waals surface area (Å²) in [5, 5.41) is 16.0. The van der Waals surface area contributed by atoms with Crippen molar-refractivity contribution in [2.45, 2.75) is 38.0 Å². The average Bonchev–Trinajstić information content (AvgIpc) is 3.27. The molecule has 0 radical (unpaired) electrons. The van der Waals surface area contributed by atoms with Crippen molar-refractivity contribution in [2.24, 2.45) is 10.6 Å². The Morgan fingerprint density at radius 3 is 2.78 bits per heavy atom. The van der Waals surface area contributed by atoms with Gasteiger partial charge in [-0.3, -0.25) is 14.4 Å². The Balaban J connectivity index is 1.62.